The number of phenols is 1. The van der Waals surface area contributed by atoms with Crippen molar-refractivity contribution in [2.75, 3.05) is 31.1 Å². The molecule has 156 valence electrons. The number of benzene rings is 1. The number of nitrogens with zero attached hydrogens (tertiary/aromatic N) is 5. The average molecular weight is 432 g/mol. The minimum absolute atomic E-state index is 0.155. The smallest absolute Gasteiger partial charge is 0.147 e. The molecule has 1 saturated heterocycles. The van der Waals surface area contributed by atoms with Gasteiger partial charge in [0.05, 0.1) is 16.8 Å². The topological polar surface area (TPSA) is 65.4 Å². The molecule has 0 aliphatic carbocycles. The van der Waals surface area contributed by atoms with E-state index in [-0.39, 0.29) is 11.8 Å². The van der Waals surface area contributed by atoms with Gasteiger partial charge in [0, 0.05) is 55.7 Å². The Kier molecular flexibility index (Phi) is 5.40. The van der Waals surface area contributed by atoms with E-state index in [1.54, 1.807) is 12.4 Å². The van der Waals surface area contributed by atoms with E-state index in [9.17, 15) is 5.11 Å². The summed E-state index contributed by atoms with van der Waals surface area (Å²) in [6.45, 7) is 3.27. The predicted octanol–water partition coefficient (Wildman–Crippen LogP) is 4.30. The van der Waals surface area contributed by atoms with E-state index in [4.69, 9.17) is 11.6 Å². The molecule has 4 heterocycles. The van der Waals surface area contributed by atoms with Crippen molar-refractivity contribution in [2.45, 2.75) is 6.04 Å². The van der Waals surface area contributed by atoms with Crippen LogP contribution in [0, 0.1) is 0 Å². The standard InChI is InChI=1S/C24H22ClN5O/c25-19-16-18(24(31)22-17(19)6-5-11-28-22)23(20-7-1-3-9-26-20)30-14-12-29(13-15-30)21-8-2-4-10-27-21/h1-11,16,23,31H,12-15H2. The van der Waals surface area contributed by atoms with Crippen molar-refractivity contribution < 1.29 is 5.11 Å². The molecule has 0 bridgehead atoms. The fourth-order valence-electron chi connectivity index (χ4n) is 4.25. The molecule has 1 fully saturated rings. The molecule has 5 rings (SSSR count). The minimum atomic E-state index is -0.226. The predicted molar refractivity (Wildman–Crippen MR) is 123 cm³/mol. The Bertz CT molecular complexity index is 1180. The highest BCUT2D eigenvalue weighted by molar-refractivity contribution is 6.35. The van der Waals surface area contributed by atoms with Gasteiger partial charge < -0.3 is 10.0 Å². The second kappa shape index (κ2) is 8.49. The number of rotatable bonds is 4. The third-order valence-electron chi connectivity index (χ3n) is 5.76. The van der Waals surface area contributed by atoms with Crippen LogP contribution in [-0.2, 0) is 0 Å². The Labute approximate surface area is 185 Å². The normalized spacial score (nSPS) is 15.8. The van der Waals surface area contributed by atoms with Crippen LogP contribution in [0.2, 0.25) is 5.02 Å². The lowest BCUT2D eigenvalue weighted by atomic mass is 9.97. The number of phenolic OH excluding ortho intramolecular Hbond substituents is 1. The van der Waals surface area contributed by atoms with Crippen LogP contribution in [0.25, 0.3) is 10.9 Å². The molecule has 31 heavy (non-hydrogen) atoms. The molecule has 0 spiro atoms. The maximum absolute atomic E-state index is 11.2. The highest BCUT2D eigenvalue weighted by Gasteiger charge is 2.30. The number of aromatic hydroxyl groups is 1. The van der Waals surface area contributed by atoms with Gasteiger partial charge in [0.2, 0.25) is 0 Å². The molecule has 0 amide bonds. The second-order valence-electron chi connectivity index (χ2n) is 7.56. The quantitative estimate of drug-likeness (QED) is 0.520. The number of halogens is 1. The van der Waals surface area contributed by atoms with Gasteiger partial charge in [0.1, 0.15) is 17.1 Å². The van der Waals surface area contributed by atoms with Crippen LogP contribution in [-0.4, -0.2) is 51.1 Å². The number of hydrogen-bond acceptors (Lipinski definition) is 6. The summed E-state index contributed by atoms with van der Waals surface area (Å²) >= 11 is 6.60. The number of fused-ring (bicyclic) bond motifs is 1. The Balaban J connectivity index is 1.53. The van der Waals surface area contributed by atoms with Gasteiger partial charge in [-0.25, -0.2) is 4.98 Å². The average Bonchev–Trinajstić information content (AvgIpc) is 2.84. The molecule has 6 nitrogen and oxygen atoms in total. The molecule has 0 radical (unpaired) electrons. The first-order valence-corrected chi connectivity index (χ1v) is 10.7. The van der Waals surface area contributed by atoms with E-state index in [0.717, 1.165) is 48.6 Å². The highest BCUT2D eigenvalue weighted by Crippen LogP contribution is 2.40. The molecule has 1 aromatic carbocycles. The van der Waals surface area contributed by atoms with E-state index < -0.39 is 0 Å². The Hall–Kier alpha value is -3.22. The van der Waals surface area contributed by atoms with Gasteiger partial charge in [-0.1, -0.05) is 23.7 Å². The molecule has 4 aromatic rings. The first kappa shape index (κ1) is 19.7. The first-order valence-electron chi connectivity index (χ1n) is 10.3. The van der Waals surface area contributed by atoms with Gasteiger partial charge in [-0.3, -0.25) is 14.9 Å². The summed E-state index contributed by atoms with van der Waals surface area (Å²) in [7, 11) is 0. The summed E-state index contributed by atoms with van der Waals surface area (Å²) in [5.74, 6) is 1.14. The Morgan fingerprint density at radius 2 is 1.58 bits per heavy atom. The molecule has 7 heteroatoms. The van der Waals surface area contributed by atoms with Crippen molar-refractivity contribution in [1.82, 2.24) is 19.9 Å². The molecule has 0 saturated carbocycles. The largest absolute Gasteiger partial charge is 0.505 e. The first-order chi connectivity index (χ1) is 15.2. The zero-order valence-electron chi connectivity index (χ0n) is 16.9. The third kappa shape index (κ3) is 3.80. The lowest BCUT2D eigenvalue weighted by Crippen LogP contribution is -2.48. The van der Waals surface area contributed by atoms with Crippen LogP contribution in [0.15, 0.2) is 73.2 Å². The molecular weight excluding hydrogens is 410 g/mol. The second-order valence-corrected chi connectivity index (χ2v) is 7.97. The number of anilines is 1. The number of pyridine rings is 3. The fraction of sp³-hybridized carbons (Fsp3) is 0.208. The Morgan fingerprint density at radius 3 is 2.29 bits per heavy atom. The summed E-state index contributed by atoms with van der Waals surface area (Å²) in [5, 5.41) is 12.5. The van der Waals surface area contributed by atoms with Crippen molar-refractivity contribution >= 4 is 28.3 Å². The van der Waals surface area contributed by atoms with Crippen LogP contribution < -0.4 is 4.90 Å². The van der Waals surface area contributed by atoms with Crippen molar-refractivity contribution in [3.05, 3.63) is 89.5 Å². The molecule has 1 atom stereocenters. The fourth-order valence-corrected chi connectivity index (χ4v) is 4.52. The van der Waals surface area contributed by atoms with Crippen LogP contribution in [0.1, 0.15) is 17.3 Å². The highest BCUT2D eigenvalue weighted by atomic mass is 35.5. The summed E-state index contributed by atoms with van der Waals surface area (Å²) < 4.78 is 0. The lowest BCUT2D eigenvalue weighted by Gasteiger charge is -2.40. The monoisotopic (exact) mass is 431 g/mol. The Morgan fingerprint density at radius 1 is 0.839 bits per heavy atom. The third-order valence-corrected chi connectivity index (χ3v) is 6.07. The number of hydrogen-bond donors (Lipinski definition) is 1. The van der Waals surface area contributed by atoms with E-state index >= 15 is 0 Å². The van der Waals surface area contributed by atoms with Crippen LogP contribution in [0.5, 0.6) is 5.75 Å². The number of aromatic nitrogens is 3. The summed E-state index contributed by atoms with van der Waals surface area (Å²) in [4.78, 5) is 18.1. The molecular formula is C24H22ClN5O. The van der Waals surface area contributed by atoms with Gasteiger partial charge >= 0.3 is 0 Å². The van der Waals surface area contributed by atoms with Crippen molar-refractivity contribution in [1.29, 1.82) is 0 Å². The van der Waals surface area contributed by atoms with Gasteiger partial charge in [-0.05, 0) is 42.5 Å². The summed E-state index contributed by atoms with van der Waals surface area (Å²) in [5.41, 5.74) is 2.11. The van der Waals surface area contributed by atoms with Gasteiger partial charge in [0.25, 0.3) is 0 Å². The molecule has 3 aromatic heterocycles. The van der Waals surface area contributed by atoms with E-state index in [1.807, 2.05) is 60.8 Å². The van der Waals surface area contributed by atoms with Crippen molar-refractivity contribution in [3.8, 4) is 5.75 Å². The van der Waals surface area contributed by atoms with Crippen LogP contribution >= 0.6 is 11.6 Å². The molecule has 1 unspecified atom stereocenters. The molecule has 1 N–H and O–H groups in total. The SMILES string of the molecule is Oc1c(C(c2ccccn2)N2CCN(c3ccccn3)CC2)cc(Cl)c2cccnc12. The number of piperazine rings is 1. The lowest BCUT2D eigenvalue weighted by molar-refractivity contribution is 0.206. The van der Waals surface area contributed by atoms with Gasteiger partial charge in [-0.15, -0.1) is 0 Å². The van der Waals surface area contributed by atoms with E-state index in [0.29, 0.717) is 10.5 Å². The zero-order valence-corrected chi connectivity index (χ0v) is 17.7. The van der Waals surface area contributed by atoms with E-state index in [2.05, 4.69) is 24.8 Å². The van der Waals surface area contributed by atoms with Gasteiger partial charge in [0.15, 0.2) is 0 Å². The van der Waals surface area contributed by atoms with Crippen LogP contribution in [0.3, 0.4) is 0 Å². The van der Waals surface area contributed by atoms with Crippen molar-refractivity contribution in [2.24, 2.45) is 0 Å². The van der Waals surface area contributed by atoms with E-state index in [1.165, 1.54) is 0 Å². The molecule has 1 aliphatic heterocycles. The molecule has 1 aliphatic rings. The van der Waals surface area contributed by atoms with Crippen molar-refractivity contribution in [3.63, 3.8) is 0 Å². The van der Waals surface area contributed by atoms with Gasteiger partial charge in [-0.2, -0.15) is 0 Å². The summed E-state index contributed by atoms with van der Waals surface area (Å²) in [6, 6.07) is 17.1. The minimum Gasteiger partial charge on any atom is -0.505 e. The maximum Gasteiger partial charge on any atom is 0.147 e. The van der Waals surface area contributed by atoms with Crippen LogP contribution in [0.4, 0.5) is 5.82 Å². The summed E-state index contributed by atoms with van der Waals surface area (Å²) in [6.07, 6.45) is 5.27. The zero-order chi connectivity index (χ0) is 21.2. The maximum atomic E-state index is 11.2.